The van der Waals surface area contributed by atoms with Crippen LogP contribution < -0.4 is 10.9 Å². The van der Waals surface area contributed by atoms with E-state index < -0.39 is 5.41 Å². The lowest BCUT2D eigenvalue weighted by Gasteiger charge is -2.23. The van der Waals surface area contributed by atoms with Gasteiger partial charge < -0.3 is 14.6 Å². The number of benzene rings is 2. The summed E-state index contributed by atoms with van der Waals surface area (Å²) in [4.78, 5) is 42.0. The molecule has 8 nitrogen and oxygen atoms in total. The van der Waals surface area contributed by atoms with Gasteiger partial charge in [0, 0.05) is 43.3 Å². The third kappa shape index (κ3) is 6.57. The zero-order valence-electron chi connectivity index (χ0n) is 24.0. The molecule has 4 aromatic rings. The van der Waals surface area contributed by atoms with Crippen LogP contribution in [0.3, 0.4) is 0 Å². The molecule has 1 amide bonds. The summed E-state index contributed by atoms with van der Waals surface area (Å²) in [6, 6.07) is 14.6. The fourth-order valence-corrected chi connectivity index (χ4v) is 5.22. The molecule has 2 aromatic heterocycles. The van der Waals surface area contributed by atoms with E-state index in [0.29, 0.717) is 47.0 Å². The van der Waals surface area contributed by atoms with Gasteiger partial charge in [-0.15, -0.1) is 0 Å². The van der Waals surface area contributed by atoms with Crippen molar-refractivity contribution >= 4 is 39.9 Å². The van der Waals surface area contributed by atoms with E-state index in [0.717, 1.165) is 16.8 Å². The largest absolute Gasteiger partial charge is 0.461 e. The number of nitrogens with zero attached hydrogens (tertiary/aromatic N) is 3. The lowest BCUT2D eigenvalue weighted by molar-refractivity contribution is -0.118. The Morgan fingerprint density at radius 3 is 2.48 bits per heavy atom. The fraction of sp³-hybridized carbons (Fsp3) is 0.387. The number of rotatable bonds is 11. The molecule has 2 heterocycles. The molecule has 0 saturated carbocycles. The van der Waals surface area contributed by atoms with Gasteiger partial charge in [0.2, 0.25) is 5.91 Å². The monoisotopic (exact) mass is 564 g/mol. The first-order chi connectivity index (χ1) is 18.9. The smallest absolute Gasteiger partial charge is 0.295 e. The van der Waals surface area contributed by atoms with E-state index in [1.807, 2.05) is 87.9 Å². The zero-order chi connectivity index (χ0) is 29.2. The van der Waals surface area contributed by atoms with Crippen molar-refractivity contribution < 1.29 is 14.0 Å². The summed E-state index contributed by atoms with van der Waals surface area (Å²) in [6.45, 7) is 6.45. The second-order valence-corrected chi connectivity index (χ2v) is 11.8. The van der Waals surface area contributed by atoms with Crippen molar-refractivity contribution in [3.8, 4) is 5.69 Å². The Morgan fingerprint density at radius 2 is 1.80 bits per heavy atom. The van der Waals surface area contributed by atoms with E-state index in [1.54, 1.807) is 16.8 Å². The maximum atomic E-state index is 13.5. The Kier molecular flexibility index (Phi) is 8.71. The van der Waals surface area contributed by atoms with Gasteiger partial charge in [-0.25, -0.2) is 4.68 Å². The lowest BCUT2D eigenvalue weighted by Crippen LogP contribution is -2.26. The topological polar surface area (TPSA) is 89.5 Å². The van der Waals surface area contributed by atoms with Crippen molar-refractivity contribution in [2.24, 2.45) is 12.5 Å². The number of likely N-dealkylation sites (N-methyl/N-ethyl adjacent to an activating group) is 1. The molecule has 212 valence electrons. The summed E-state index contributed by atoms with van der Waals surface area (Å²) in [5, 5.41) is 4.18. The normalized spacial score (nSPS) is 11.9. The van der Waals surface area contributed by atoms with Crippen molar-refractivity contribution in [3.63, 3.8) is 0 Å². The Hall–Kier alpha value is -3.62. The number of carbonyl (C=O) groups excluding carboxylic acids is 2. The molecule has 0 fully saturated rings. The number of aryl methyl sites for hydroxylation is 1. The number of nitrogens with one attached hydrogen (secondary N) is 1. The third-order valence-corrected chi connectivity index (χ3v) is 7.34. The maximum Gasteiger partial charge on any atom is 0.295 e. The molecule has 0 saturated heterocycles. The van der Waals surface area contributed by atoms with E-state index >= 15 is 0 Å². The van der Waals surface area contributed by atoms with E-state index in [-0.39, 0.29) is 30.1 Å². The van der Waals surface area contributed by atoms with E-state index in [2.05, 4.69) is 5.32 Å². The Labute approximate surface area is 239 Å². The highest BCUT2D eigenvalue weighted by Gasteiger charge is 2.27. The molecule has 9 heteroatoms. The van der Waals surface area contributed by atoms with Crippen LogP contribution in [-0.2, 0) is 18.3 Å². The number of furan rings is 1. The molecular weight excluding hydrogens is 528 g/mol. The van der Waals surface area contributed by atoms with Crippen LogP contribution in [0.25, 0.3) is 16.7 Å². The first kappa shape index (κ1) is 29.4. The van der Waals surface area contributed by atoms with Crippen molar-refractivity contribution in [2.75, 3.05) is 26.0 Å². The van der Waals surface area contributed by atoms with Crippen LogP contribution in [0.5, 0.6) is 0 Å². The molecule has 40 heavy (non-hydrogen) atoms. The number of hydrogen-bond donors (Lipinski definition) is 1. The second kappa shape index (κ2) is 11.9. The van der Waals surface area contributed by atoms with Crippen LogP contribution in [0, 0.1) is 12.3 Å². The number of aromatic nitrogens is 2. The molecule has 0 unspecified atom stereocenters. The first-order valence-corrected chi connectivity index (χ1v) is 13.8. The molecule has 2 aromatic carbocycles. The average Bonchev–Trinajstić information content (AvgIpc) is 3.36. The van der Waals surface area contributed by atoms with Crippen LogP contribution in [0.1, 0.15) is 54.9 Å². The van der Waals surface area contributed by atoms with Crippen molar-refractivity contribution in [2.45, 2.75) is 46.5 Å². The summed E-state index contributed by atoms with van der Waals surface area (Å²) < 4.78 is 9.14. The van der Waals surface area contributed by atoms with Gasteiger partial charge >= 0.3 is 0 Å². The molecule has 0 aliphatic carbocycles. The quantitative estimate of drug-likeness (QED) is 0.225. The molecular formula is C31H37ClN4O4. The number of carbonyl (C=O) groups is 2. The molecule has 0 spiro atoms. The Bertz CT molecular complexity index is 1600. The number of halogens is 1. The predicted octanol–water partition coefficient (Wildman–Crippen LogP) is 6.01. The van der Waals surface area contributed by atoms with Crippen LogP contribution in [0.2, 0.25) is 5.02 Å². The molecule has 4 rings (SSSR count). The van der Waals surface area contributed by atoms with Crippen molar-refractivity contribution in [1.29, 1.82) is 0 Å². The highest BCUT2D eigenvalue weighted by Crippen LogP contribution is 2.32. The summed E-state index contributed by atoms with van der Waals surface area (Å²) in [6.07, 6.45) is 1.45. The number of anilines is 1. The van der Waals surface area contributed by atoms with Crippen LogP contribution >= 0.6 is 11.6 Å². The molecule has 1 N–H and O–H groups in total. The van der Waals surface area contributed by atoms with E-state index in [1.165, 1.54) is 0 Å². The summed E-state index contributed by atoms with van der Waals surface area (Å²) >= 11 is 6.25. The lowest BCUT2D eigenvalue weighted by atomic mass is 9.82. The predicted molar refractivity (Wildman–Crippen MR) is 160 cm³/mol. The van der Waals surface area contributed by atoms with Gasteiger partial charge in [0.1, 0.15) is 17.0 Å². The summed E-state index contributed by atoms with van der Waals surface area (Å²) in [5.74, 6) is 0.355. The summed E-state index contributed by atoms with van der Waals surface area (Å²) in [7, 11) is 5.77. The third-order valence-electron chi connectivity index (χ3n) is 7.12. The number of ketones is 1. The first-order valence-electron chi connectivity index (χ1n) is 13.4. The van der Waals surface area contributed by atoms with Crippen molar-refractivity contribution in [3.05, 3.63) is 80.9 Å². The van der Waals surface area contributed by atoms with Crippen LogP contribution in [-0.4, -0.2) is 46.6 Å². The number of amides is 1. The minimum atomic E-state index is -0.493. The minimum Gasteiger partial charge on any atom is -0.461 e. The van der Waals surface area contributed by atoms with Crippen LogP contribution in [0.15, 0.2) is 57.7 Å². The Morgan fingerprint density at radius 1 is 1.10 bits per heavy atom. The Balaban J connectivity index is 1.50. The van der Waals surface area contributed by atoms with E-state index in [4.69, 9.17) is 16.0 Å². The molecule has 0 aliphatic heterocycles. The SMILES string of the molecule is Cc1cc2cc(Cl)cc(C(=O)CCC(C)(C)CC(=O)Nc3c(CCN(C)C)n(C)n(-c4ccccc4)c3=O)c2o1. The van der Waals surface area contributed by atoms with Crippen LogP contribution in [0.4, 0.5) is 5.69 Å². The minimum absolute atomic E-state index is 0.0879. The van der Waals surface area contributed by atoms with Gasteiger partial charge in [-0.3, -0.25) is 19.1 Å². The van der Waals surface area contributed by atoms with Gasteiger partial charge in [0.05, 0.1) is 16.9 Å². The summed E-state index contributed by atoms with van der Waals surface area (Å²) in [5.41, 5.74) is 1.98. The highest BCUT2D eigenvalue weighted by molar-refractivity contribution is 6.32. The second-order valence-electron chi connectivity index (χ2n) is 11.4. The van der Waals surface area contributed by atoms with Gasteiger partial charge in [0.25, 0.3) is 5.56 Å². The number of Topliss-reactive ketones (excluding diaryl/α,β-unsaturated/α-hetero) is 1. The highest BCUT2D eigenvalue weighted by atomic mass is 35.5. The van der Waals surface area contributed by atoms with Gasteiger partial charge in [-0.05, 0) is 63.2 Å². The van der Waals surface area contributed by atoms with Crippen molar-refractivity contribution in [1.82, 2.24) is 14.3 Å². The van der Waals surface area contributed by atoms with Gasteiger partial charge in [-0.1, -0.05) is 43.6 Å². The molecule has 0 bridgehead atoms. The fourth-order valence-electron chi connectivity index (χ4n) is 5.00. The number of hydrogen-bond acceptors (Lipinski definition) is 5. The zero-order valence-corrected chi connectivity index (χ0v) is 24.8. The number of fused-ring (bicyclic) bond motifs is 1. The molecule has 0 atom stereocenters. The van der Waals surface area contributed by atoms with Gasteiger partial charge in [0.15, 0.2) is 5.78 Å². The van der Waals surface area contributed by atoms with Gasteiger partial charge in [-0.2, -0.15) is 0 Å². The maximum absolute atomic E-state index is 13.5. The molecule has 0 radical (unpaired) electrons. The standard InChI is InChI=1S/C31H37ClN4O4/c1-20-16-21-17-22(32)18-24(29(21)40-20)26(37)12-14-31(2,3)19-27(38)33-28-25(13-15-34(4)5)35(6)36(30(28)39)23-10-8-7-9-11-23/h7-11,16-18H,12-15,19H2,1-6H3,(H,33,38). The van der Waals surface area contributed by atoms with E-state index in [9.17, 15) is 14.4 Å². The number of para-hydroxylation sites is 1. The molecule has 0 aliphatic rings. The average molecular weight is 565 g/mol.